The van der Waals surface area contributed by atoms with Gasteiger partial charge in [0.2, 0.25) is 0 Å². The fraction of sp³-hybridized carbons (Fsp3) is 0.379. The molecule has 1 unspecified atom stereocenters. The molecule has 174 valence electrons. The van der Waals surface area contributed by atoms with Crippen LogP contribution in [-0.2, 0) is 15.9 Å². The van der Waals surface area contributed by atoms with E-state index in [0.29, 0.717) is 6.61 Å². The van der Waals surface area contributed by atoms with Crippen molar-refractivity contribution in [1.82, 2.24) is 0 Å². The topological polar surface area (TPSA) is 27.7 Å². The van der Waals surface area contributed by atoms with E-state index in [1.807, 2.05) is 0 Å². The van der Waals surface area contributed by atoms with Crippen molar-refractivity contribution >= 4 is 18.7 Å². The van der Waals surface area contributed by atoms with Crippen molar-refractivity contribution in [3.8, 4) is 5.75 Å². The van der Waals surface area contributed by atoms with E-state index in [4.69, 9.17) is 13.9 Å². The quantitative estimate of drug-likeness (QED) is 0.403. The predicted octanol–water partition coefficient (Wildman–Crippen LogP) is 5.71. The smallest absolute Gasteiger partial charge is 0.319 e. The van der Waals surface area contributed by atoms with Gasteiger partial charge in [-0.05, 0) is 52.7 Å². The van der Waals surface area contributed by atoms with Crippen LogP contribution in [0.25, 0.3) is 0 Å². The minimum atomic E-state index is -2.66. The molecule has 3 aromatic rings. The standard InChI is InChI=1S/C29H36O3Si/c1-29(2,3)33(25-15-6-4-7-16-25,26-17-8-5-9-18-26)32-27-19-11-10-14-24(27)21-23-31-28-20-12-13-22-30-28/h4-11,14-19,28H,12-13,20-23H2,1-3H3. The Kier molecular flexibility index (Phi) is 7.69. The monoisotopic (exact) mass is 460 g/mol. The molecule has 1 aliphatic heterocycles. The van der Waals surface area contributed by atoms with E-state index < -0.39 is 8.32 Å². The van der Waals surface area contributed by atoms with Gasteiger partial charge in [-0.2, -0.15) is 0 Å². The summed E-state index contributed by atoms with van der Waals surface area (Å²) in [7, 11) is -2.66. The maximum atomic E-state index is 7.26. The summed E-state index contributed by atoms with van der Waals surface area (Å²) in [6.07, 6.45) is 4.03. The van der Waals surface area contributed by atoms with Gasteiger partial charge in [-0.1, -0.05) is 99.6 Å². The summed E-state index contributed by atoms with van der Waals surface area (Å²) >= 11 is 0. The average molecular weight is 461 g/mol. The van der Waals surface area contributed by atoms with Gasteiger partial charge in [0.05, 0.1) is 6.61 Å². The van der Waals surface area contributed by atoms with E-state index >= 15 is 0 Å². The minimum Gasteiger partial charge on any atom is -0.534 e. The zero-order chi connectivity index (χ0) is 23.2. The molecule has 1 atom stereocenters. The van der Waals surface area contributed by atoms with Gasteiger partial charge in [-0.25, -0.2) is 0 Å². The highest BCUT2D eigenvalue weighted by Crippen LogP contribution is 2.38. The van der Waals surface area contributed by atoms with Crippen molar-refractivity contribution in [2.24, 2.45) is 0 Å². The van der Waals surface area contributed by atoms with Gasteiger partial charge < -0.3 is 13.9 Å². The molecular formula is C29H36O3Si. The van der Waals surface area contributed by atoms with Crippen molar-refractivity contribution in [2.45, 2.75) is 57.8 Å². The number of para-hydroxylation sites is 1. The molecule has 0 aromatic heterocycles. The van der Waals surface area contributed by atoms with Gasteiger partial charge in [-0.15, -0.1) is 0 Å². The van der Waals surface area contributed by atoms with Crippen molar-refractivity contribution in [3.05, 3.63) is 90.5 Å². The number of benzene rings is 3. The molecule has 33 heavy (non-hydrogen) atoms. The molecule has 0 bridgehead atoms. The Morgan fingerprint density at radius 3 is 2.00 bits per heavy atom. The van der Waals surface area contributed by atoms with E-state index in [2.05, 4.69) is 106 Å². The molecule has 1 saturated heterocycles. The molecule has 1 aliphatic rings. The third kappa shape index (κ3) is 5.40. The van der Waals surface area contributed by atoms with Gasteiger partial charge in [0.1, 0.15) is 5.75 Å². The van der Waals surface area contributed by atoms with Gasteiger partial charge in [-0.3, -0.25) is 0 Å². The van der Waals surface area contributed by atoms with E-state index in [0.717, 1.165) is 31.6 Å². The molecule has 0 aliphatic carbocycles. The zero-order valence-electron chi connectivity index (χ0n) is 20.1. The molecule has 0 amide bonds. The van der Waals surface area contributed by atoms with Crippen LogP contribution in [0.15, 0.2) is 84.9 Å². The van der Waals surface area contributed by atoms with Crippen LogP contribution < -0.4 is 14.8 Å². The summed E-state index contributed by atoms with van der Waals surface area (Å²) in [6.45, 7) is 8.37. The fourth-order valence-corrected chi connectivity index (χ4v) is 9.23. The molecular weight excluding hydrogens is 424 g/mol. The lowest BCUT2D eigenvalue weighted by Gasteiger charge is -2.43. The third-order valence-corrected chi connectivity index (χ3v) is 11.4. The lowest BCUT2D eigenvalue weighted by Crippen LogP contribution is -2.68. The first-order chi connectivity index (χ1) is 16.0. The number of hydrogen-bond donors (Lipinski definition) is 0. The fourth-order valence-electron chi connectivity index (χ4n) is 4.77. The summed E-state index contributed by atoms with van der Waals surface area (Å²) < 4.78 is 19.0. The molecule has 0 saturated carbocycles. The second kappa shape index (κ2) is 10.7. The Bertz CT molecular complexity index is 953. The Labute approximate surface area is 199 Å². The van der Waals surface area contributed by atoms with Gasteiger partial charge in [0, 0.05) is 6.61 Å². The highest BCUT2D eigenvalue weighted by molar-refractivity contribution is 7.00. The Morgan fingerprint density at radius 2 is 1.42 bits per heavy atom. The molecule has 1 heterocycles. The molecule has 3 nitrogen and oxygen atoms in total. The van der Waals surface area contributed by atoms with E-state index in [-0.39, 0.29) is 11.3 Å². The third-order valence-electron chi connectivity index (χ3n) is 6.47. The predicted molar refractivity (Wildman–Crippen MR) is 138 cm³/mol. The van der Waals surface area contributed by atoms with Crippen LogP contribution in [0, 0.1) is 0 Å². The van der Waals surface area contributed by atoms with Crippen molar-refractivity contribution in [1.29, 1.82) is 0 Å². The van der Waals surface area contributed by atoms with Crippen molar-refractivity contribution < 1.29 is 13.9 Å². The Balaban J connectivity index is 1.67. The van der Waals surface area contributed by atoms with Gasteiger partial charge in [0.15, 0.2) is 6.29 Å². The summed E-state index contributed by atoms with van der Waals surface area (Å²) in [5.74, 6) is 0.958. The van der Waals surface area contributed by atoms with Crippen LogP contribution >= 0.6 is 0 Å². The highest BCUT2D eigenvalue weighted by atomic mass is 28.4. The van der Waals surface area contributed by atoms with E-state index in [9.17, 15) is 0 Å². The molecule has 4 rings (SSSR count). The summed E-state index contributed by atoms with van der Waals surface area (Å²) in [5, 5.41) is 2.49. The summed E-state index contributed by atoms with van der Waals surface area (Å²) in [6, 6.07) is 30.0. The number of ether oxygens (including phenoxy) is 2. The maximum Gasteiger partial charge on any atom is 0.319 e. The summed E-state index contributed by atoms with van der Waals surface area (Å²) in [4.78, 5) is 0. The zero-order valence-corrected chi connectivity index (χ0v) is 21.1. The van der Waals surface area contributed by atoms with Crippen LogP contribution in [0.5, 0.6) is 5.75 Å². The highest BCUT2D eigenvalue weighted by Gasteiger charge is 2.52. The largest absolute Gasteiger partial charge is 0.534 e. The molecule has 1 fully saturated rings. The van der Waals surface area contributed by atoms with E-state index in [1.165, 1.54) is 22.4 Å². The SMILES string of the molecule is CC(C)(C)[Si](Oc1ccccc1CCOC1CCCCO1)(c1ccccc1)c1ccccc1. The minimum absolute atomic E-state index is 0.0662. The van der Waals surface area contributed by atoms with Crippen LogP contribution in [0.4, 0.5) is 0 Å². The first-order valence-electron chi connectivity index (χ1n) is 12.1. The van der Waals surface area contributed by atoms with Gasteiger partial charge in [0.25, 0.3) is 0 Å². The molecule has 0 N–H and O–H groups in total. The maximum absolute atomic E-state index is 7.26. The second-order valence-electron chi connectivity index (χ2n) is 9.79. The molecule has 3 aromatic carbocycles. The number of rotatable bonds is 8. The van der Waals surface area contributed by atoms with Crippen molar-refractivity contribution in [3.63, 3.8) is 0 Å². The molecule has 4 heteroatoms. The van der Waals surface area contributed by atoms with Crippen molar-refractivity contribution in [2.75, 3.05) is 13.2 Å². The molecule has 0 radical (unpaired) electrons. The Morgan fingerprint density at radius 1 is 0.818 bits per heavy atom. The van der Waals surface area contributed by atoms with Crippen LogP contribution in [0.2, 0.25) is 5.04 Å². The van der Waals surface area contributed by atoms with Crippen LogP contribution in [-0.4, -0.2) is 27.8 Å². The first-order valence-corrected chi connectivity index (χ1v) is 14.0. The van der Waals surface area contributed by atoms with Crippen LogP contribution in [0.1, 0.15) is 45.6 Å². The molecule has 0 spiro atoms. The normalized spacial score (nSPS) is 17.0. The van der Waals surface area contributed by atoms with Crippen LogP contribution in [0.3, 0.4) is 0 Å². The second-order valence-corrected chi connectivity index (χ2v) is 14.0. The lowest BCUT2D eigenvalue weighted by molar-refractivity contribution is -0.161. The Hall–Kier alpha value is -2.40. The lowest BCUT2D eigenvalue weighted by atomic mass is 10.1. The average Bonchev–Trinajstić information content (AvgIpc) is 2.84. The first kappa shape index (κ1) is 23.7. The summed E-state index contributed by atoms with van der Waals surface area (Å²) in [5.41, 5.74) is 1.18. The van der Waals surface area contributed by atoms with Gasteiger partial charge >= 0.3 is 8.32 Å². The number of hydrogen-bond acceptors (Lipinski definition) is 3. The van der Waals surface area contributed by atoms with E-state index in [1.54, 1.807) is 0 Å².